The number of nitrogens with zero attached hydrogens (tertiary/aromatic N) is 2. The summed E-state index contributed by atoms with van der Waals surface area (Å²) < 4.78 is 28.9. The number of aliphatic hydroxyl groups is 1. The standard InChI is InChI=1S/C23H26N2O6S/c1-4-19(25-30-5-2)23-20(26)12-16(13-21(23)27)15-7-6-8-17(11-15)31-22-10-9-18(14-24-22)32(3,28)29/h6-11,14,16,26H,4-5,12-13H2,1-3H3. The molecule has 0 spiro atoms. The molecule has 9 heteroatoms. The van der Waals surface area contributed by atoms with Crippen LogP contribution in [0.1, 0.15) is 44.6 Å². The van der Waals surface area contributed by atoms with Gasteiger partial charge in [-0.3, -0.25) is 4.79 Å². The number of pyridine rings is 1. The van der Waals surface area contributed by atoms with Crippen molar-refractivity contribution in [3.63, 3.8) is 0 Å². The Hall–Kier alpha value is -3.20. The number of carbonyl (C=O) groups excluding carboxylic acids is 1. The van der Waals surface area contributed by atoms with Gasteiger partial charge in [0.1, 0.15) is 18.1 Å². The Bertz CT molecular complexity index is 1150. The monoisotopic (exact) mass is 458 g/mol. The van der Waals surface area contributed by atoms with Gasteiger partial charge in [0.05, 0.1) is 16.2 Å². The molecule has 1 N–H and O–H groups in total. The molecule has 1 aromatic carbocycles. The minimum atomic E-state index is -3.34. The number of aromatic nitrogens is 1. The van der Waals surface area contributed by atoms with Crippen molar-refractivity contribution in [3.8, 4) is 11.6 Å². The van der Waals surface area contributed by atoms with E-state index in [1.807, 2.05) is 13.0 Å². The molecule has 0 saturated heterocycles. The normalized spacial score (nSPS) is 17.4. The molecule has 1 aliphatic carbocycles. The summed E-state index contributed by atoms with van der Waals surface area (Å²) in [6, 6.07) is 10.1. The van der Waals surface area contributed by atoms with E-state index in [1.54, 1.807) is 25.1 Å². The Morgan fingerprint density at radius 2 is 2.00 bits per heavy atom. The van der Waals surface area contributed by atoms with Gasteiger partial charge in [-0.1, -0.05) is 24.2 Å². The van der Waals surface area contributed by atoms with Crippen molar-refractivity contribution < 1.29 is 27.9 Å². The largest absolute Gasteiger partial charge is 0.511 e. The molecule has 1 aliphatic rings. The van der Waals surface area contributed by atoms with Gasteiger partial charge in [-0.15, -0.1) is 0 Å². The Morgan fingerprint density at radius 3 is 2.59 bits per heavy atom. The lowest BCUT2D eigenvalue weighted by Crippen LogP contribution is -2.23. The van der Waals surface area contributed by atoms with E-state index in [1.165, 1.54) is 18.3 Å². The fraction of sp³-hybridized carbons (Fsp3) is 0.348. The molecular formula is C23H26N2O6S. The number of hydrogen-bond donors (Lipinski definition) is 1. The van der Waals surface area contributed by atoms with Gasteiger partial charge in [-0.2, -0.15) is 0 Å². The number of allylic oxidation sites excluding steroid dienone is 2. The topological polar surface area (TPSA) is 115 Å². The van der Waals surface area contributed by atoms with Crippen molar-refractivity contribution in [1.29, 1.82) is 0 Å². The minimum absolute atomic E-state index is 0.0101. The molecule has 170 valence electrons. The number of Topliss-reactive ketones (excluding diaryl/α,β-unsaturated/α-hetero) is 1. The molecule has 1 heterocycles. The maximum absolute atomic E-state index is 12.8. The first-order valence-corrected chi connectivity index (χ1v) is 12.2. The van der Waals surface area contributed by atoms with Crippen LogP contribution >= 0.6 is 0 Å². The maximum atomic E-state index is 12.8. The van der Waals surface area contributed by atoms with E-state index in [-0.39, 0.29) is 40.2 Å². The number of rotatable bonds is 8. The van der Waals surface area contributed by atoms with E-state index >= 15 is 0 Å². The second kappa shape index (κ2) is 9.95. The van der Waals surface area contributed by atoms with Gasteiger partial charge in [-0.05, 0) is 43.0 Å². The number of benzene rings is 1. The number of aliphatic hydroxyl groups excluding tert-OH is 1. The average molecular weight is 459 g/mol. The third-order valence-corrected chi connectivity index (χ3v) is 6.15. The second-order valence-corrected chi connectivity index (χ2v) is 9.45. The third kappa shape index (κ3) is 5.53. The van der Waals surface area contributed by atoms with Crippen LogP contribution < -0.4 is 4.74 Å². The van der Waals surface area contributed by atoms with Crippen molar-refractivity contribution >= 4 is 21.3 Å². The highest BCUT2D eigenvalue weighted by atomic mass is 32.2. The lowest BCUT2D eigenvalue weighted by atomic mass is 9.81. The second-order valence-electron chi connectivity index (χ2n) is 7.44. The molecule has 3 rings (SSSR count). The van der Waals surface area contributed by atoms with Gasteiger partial charge in [0, 0.05) is 31.4 Å². The van der Waals surface area contributed by atoms with Crippen molar-refractivity contribution in [2.75, 3.05) is 12.9 Å². The summed E-state index contributed by atoms with van der Waals surface area (Å²) in [7, 11) is -3.34. The SMILES string of the molecule is CCON=C(CC)C1=C(O)CC(c2cccc(Oc3ccc(S(C)(=O)=O)cn3)c2)CC1=O. The van der Waals surface area contributed by atoms with E-state index in [9.17, 15) is 18.3 Å². The summed E-state index contributed by atoms with van der Waals surface area (Å²) >= 11 is 0. The number of carbonyl (C=O) groups is 1. The predicted molar refractivity (Wildman–Crippen MR) is 120 cm³/mol. The van der Waals surface area contributed by atoms with Crippen LogP contribution in [0, 0.1) is 0 Å². The fourth-order valence-electron chi connectivity index (χ4n) is 3.49. The highest BCUT2D eigenvalue weighted by Gasteiger charge is 2.31. The predicted octanol–water partition coefficient (Wildman–Crippen LogP) is 4.34. The minimum Gasteiger partial charge on any atom is -0.511 e. The van der Waals surface area contributed by atoms with Crippen molar-refractivity contribution in [3.05, 3.63) is 59.5 Å². The molecule has 1 atom stereocenters. The number of oxime groups is 1. The lowest BCUT2D eigenvalue weighted by molar-refractivity contribution is -0.116. The zero-order valence-electron chi connectivity index (χ0n) is 18.2. The van der Waals surface area contributed by atoms with Crippen LogP contribution in [-0.4, -0.2) is 42.9 Å². The van der Waals surface area contributed by atoms with Gasteiger partial charge in [0.2, 0.25) is 5.88 Å². The molecule has 0 amide bonds. The number of hydrogen-bond acceptors (Lipinski definition) is 8. The molecule has 0 aliphatic heterocycles. The smallest absolute Gasteiger partial charge is 0.219 e. The summed E-state index contributed by atoms with van der Waals surface area (Å²) in [5.74, 6) is 0.370. The van der Waals surface area contributed by atoms with Crippen LogP contribution in [0.5, 0.6) is 11.6 Å². The summed E-state index contributed by atoms with van der Waals surface area (Å²) in [6.45, 7) is 4.04. The van der Waals surface area contributed by atoms with Crippen LogP contribution in [0.25, 0.3) is 0 Å². The first-order valence-electron chi connectivity index (χ1n) is 10.3. The summed E-state index contributed by atoms with van der Waals surface area (Å²) in [4.78, 5) is 22.0. The van der Waals surface area contributed by atoms with E-state index in [0.717, 1.165) is 11.8 Å². The molecule has 1 aromatic heterocycles. The van der Waals surface area contributed by atoms with Crippen molar-refractivity contribution in [2.24, 2.45) is 5.16 Å². The highest BCUT2D eigenvalue weighted by Crippen LogP contribution is 2.36. The van der Waals surface area contributed by atoms with Crippen LogP contribution in [-0.2, 0) is 19.5 Å². The molecule has 0 saturated carbocycles. The number of sulfone groups is 1. The van der Waals surface area contributed by atoms with Gasteiger partial charge in [-0.25, -0.2) is 13.4 Å². The van der Waals surface area contributed by atoms with E-state index in [0.29, 0.717) is 30.9 Å². The molecule has 0 fully saturated rings. The zero-order chi connectivity index (χ0) is 23.3. The summed E-state index contributed by atoms with van der Waals surface area (Å²) in [6.07, 6.45) is 3.37. The van der Waals surface area contributed by atoms with Crippen LogP contribution in [0.15, 0.2) is 64.0 Å². The molecule has 32 heavy (non-hydrogen) atoms. The number of ketones is 1. The quantitative estimate of drug-likeness (QED) is 0.462. The third-order valence-electron chi connectivity index (χ3n) is 5.06. The average Bonchev–Trinajstić information content (AvgIpc) is 2.75. The Kier molecular flexibility index (Phi) is 7.29. The first-order chi connectivity index (χ1) is 15.2. The van der Waals surface area contributed by atoms with Gasteiger partial charge in [0.15, 0.2) is 15.6 Å². The van der Waals surface area contributed by atoms with Gasteiger partial charge >= 0.3 is 0 Å². The molecule has 1 unspecified atom stereocenters. The van der Waals surface area contributed by atoms with Crippen LogP contribution in [0.4, 0.5) is 0 Å². The van der Waals surface area contributed by atoms with Gasteiger partial charge in [0.25, 0.3) is 0 Å². The summed E-state index contributed by atoms with van der Waals surface area (Å²) in [5, 5.41) is 14.6. The lowest BCUT2D eigenvalue weighted by Gasteiger charge is -2.24. The fourth-order valence-corrected chi connectivity index (χ4v) is 4.05. The van der Waals surface area contributed by atoms with Crippen LogP contribution in [0.3, 0.4) is 0 Å². The summed E-state index contributed by atoms with van der Waals surface area (Å²) in [5.41, 5.74) is 1.54. The van der Waals surface area contributed by atoms with Gasteiger partial charge < -0.3 is 14.7 Å². The molecular weight excluding hydrogens is 432 g/mol. The van der Waals surface area contributed by atoms with Crippen molar-refractivity contribution in [2.45, 2.75) is 43.9 Å². The van der Waals surface area contributed by atoms with E-state index in [2.05, 4.69) is 10.1 Å². The van der Waals surface area contributed by atoms with Crippen molar-refractivity contribution in [1.82, 2.24) is 4.98 Å². The first kappa shape index (κ1) is 23.5. The zero-order valence-corrected chi connectivity index (χ0v) is 19.1. The van der Waals surface area contributed by atoms with E-state index in [4.69, 9.17) is 9.57 Å². The van der Waals surface area contributed by atoms with E-state index < -0.39 is 9.84 Å². The highest BCUT2D eigenvalue weighted by molar-refractivity contribution is 7.90. The maximum Gasteiger partial charge on any atom is 0.219 e. The Labute approximate surface area is 187 Å². The van der Waals surface area contributed by atoms with Crippen LogP contribution in [0.2, 0.25) is 0 Å². The molecule has 2 aromatic rings. The molecule has 0 radical (unpaired) electrons. The molecule has 8 nitrogen and oxygen atoms in total. The Morgan fingerprint density at radius 1 is 1.22 bits per heavy atom. The Balaban J connectivity index is 1.79. The number of ether oxygens (including phenoxy) is 1. The molecule has 0 bridgehead atoms.